The molecule has 0 aliphatic carbocycles. The molecule has 2 atom stereocenters. The van der Waals surface area contributed by atoms with Gasteiger partial charge < -0.3 is 15.5 Å². The fraction of sp³-hybridized carbons (Fsp3) is 0.294. The van der Waals surface area contributed by atoms with E-state index in [4.69, 9.17) is 5.11 Å². The quantitative estimate of drug-likeness (QED) is 0.707. The fourth-order valence-corrected chi connectivity index (χ4v) is 2.37. The molecule has 2 unspecified atom stereocenters. The SMILES string of the molecule is CC(CO)NC(=O)C(Cc1cccc2ccccc12)C(=O)O. The van der Waals surface area contributed by atoms with Crippen LogP contribution in [0.1, 0.15) is 12.5 Å². The van der Waals surface area contributed by atoms with Gasteiger partial charge in [0.2, 0.25) is 5.91 Å². The van der Waals surface area contributed by atoms with Crippen molar-refractivity contribution >= 4 is 22.6 Å². The van der Waals surface area contributed by atoms with Crippen molar-refractivity contribution in [2.45, 2.75) is 19.4 Å². The maximum Gasteiger partial charge on any atom is 0.316 e. The van der Waals surface area contributed by atoms with Crippen molar-refractivity contribution in [3.8, 4) is 0 Å². The lowest BCUT2D eigenvalue weighted by molar-refractivity contribution is -0.147. The number of carbonyl (C=O) groups is 2. The Morgan fingerprint density at radius 3 is 2.50 bits per heavy atom. The minimum atomic E-state index is -1.18. The molecule has 0 heterocycles. The number of hydrogen-bond acceptors (Lipinski definition) is 3. The summed E-state index contributed by atoms with van der Waals surface area (Å²) in [5.74, 6) is -2.93. The van der Waals surface area contributed by atoms with Gasteiger partial charge in [0.05, 0.1) is 6.61 Å². The summed E-state index contributed by atoms with van der Waals surface area (Å²) < 4.78 is 0. The van der Waals surface area contributed by atoms with Gasteiger partial charge in [-0.2, -0.15) is 0 Å². The van der Waals surface area contributed by atoms with Gasteiger partial charge in [-0.15, -0.1) is 0 Å². The molecule has 0 bridgehead atoms. The number of aliphatic hydroxyl groups is 1. The second-order valence-electron chi connectivity index (χ2n) is 5.33. The first-order valence-corrected chi connectivity index (χ1v) is 7.13. The van der Waals surface area contributed by atoms with E-state index in [9.17, 15) is 14.7 Å². The number of aliphatic carboxylic acids is 1. The number of rotatable bonds is 6. The standard InChI is InChI=1S/C17H19NO4/c1-11(10-19)18-16(20)15(17(21)22)9-13-7-4-6-12-5-2-3-8-14(12)13/h2-8,11,15,19H,9-10H2,1H3,(H,18,20)(H,21,22). The van der Waals surface area contributed by atoms with E-state index in [0.29, 0.717) is 0 Å². The van der Waals surface area contributed by atoms with Crippen LogP contribution in [0.25, 0.3) is 10.8 Å². The summed E-state index contributed by atoms with van der Waals surface area (Å²) in [4.78, 5) is 23.5. The Bertz CT molecular complexity index is 678. The van der Waals surface area contributed by atoms with E-state index in [0.717, 1.165) is 16.3 Å². The lowest BCUT2D eigenvalue weighted by Gasteiger charge is -2.17. The number of carboxylic acid groups (broad SMARTS) is 1. The van der Waals surface area contributed by atoms with Gasteiger partial charge in [-0.25, -0.2) is 0 Å². The van der Waals surface area contributed by atoms with E-state index in [2.05, 4.69) is 5.32 Å². The Morgan fingerprint density at radius 1 is 1.14 bits per heavy atom. The van der Waals surface area contributed by atoms with Gasteiger partial charge in [0.25, 0.3) is 0 Å². The third kappa shape index (κ3) is 3.62. The lowest BCUT2D eigenvalue weighted by Crippen LogP contribution is -2.42. The van der Waals surface area contributed by atoms with Gasteiger partial charge in [-0.1, -0.05) is 42.5 Å². The molecule has 0 aromatic heterocycles. The molecule has 0 saturated carbocycles. The Kier molecular flexibility index (Phi) is 5.12. The van der Waals surface area contributed by atoms with Crippen LogP contribution in [0.2, 0.25) is 0 Å². The molecule has 0 aliphatic heterocycles. The van der Waals surface area contributed by atoms with Crippen molar-refractivity contribution in [3.63, 3.8) is 0 Å². The van der Waals surface area contributed by atoms with Gasteiger partial charge in [-0.05, 0) is 29.7 Å². The maximum atomic E-state index is 12.1. The molecule has 2 aromatic carbocycles. The number of carbonyl (C=O) groups excluding carboxylic acids is 1. The van der Waals surface area contributed by atoms with Crippen molar-refractivity contribution < 1.29 is 19.8 Å². The van der Waals surface area contributed by atoms with Crippen molar-refractivity contribution in [2.24, 2.45) is 5.92 Å². The molecule has 5 heteroatoms. The van der Waals surface area contributed by atoms with E-state index in [1.807, 2.05) is 42.5 Å². The predicted octanol–water partition coefficient (Wildman–Crippen LogP) is 1.58. The second kappa shape index (κ2) is 7.04. The van der Waals surface area contributed by atoms with E-state index >= 15 is 0 Å². The molecule has 116 valence electrons. The average Bonchev–Trinajstić information content (AvgIpc) is 2.52. The van der Waals surface area contributed by atoms with Crippen LogP contribution in [-0.2, 0) is 16.0 Å². The van der Waals surface area contributed by atoms with E-state index in [-0.39, 0.29) is 13.0 Å². The van der Waals surface area contributed by atoms with Gasteiger partial charge in [0.15, 0.2) is 0 Å². The summed E-state index contributed by atoms with van der Waals surface area (Å²) in [6, 6.07) is 12.8. The van der Waals surface area contributed by atoms with Gasteiger partial charge in [0, 0.05) is 6.04 Å². The number of fused-ring (bicyclic) bond motifs is 1. The number of hydrogen-bond donors (Lipinski definition) is 3. The van der Waals surface area contributed by atoms with Crippen molar-refractivity contribution in [2.75, 3.05) is 6.61 Å². The first-order chi connectivity index (χ1) is 10.5. The molecular weight excluding hydrogens is 282 g/mol. The normalized spacial score (nSPS) is 13.5. The van der Waals surface area contributed by atoms with E-state index in [1.165, 1.54) is 0 Å². The van der Waals surface area contributed by atoms with Crippen LogP contribution < -0.4 is 5.32 Å². The first kappa shape index (κ1) is 16.0. The van der Waals surface area contributed by atoms with Crippen molar-refractivity contribution in [1.29, 1.82) is 0 Å². The van der Waals surface area contributed by atoms with Crippen LogP contribution in [0.5, 0.6) is 0 Å². The highest BCUT2D eigenvalue weighted by Crippen LogP contribution is 2.21. The highest BCUT2D eigenvalue weighted by atomic mass is 16.4. The largest absolute Gasteiger partial charge is 0.481 e. The van der Waals surface area contributed by atoms with Gasteiger partial charge in [0.1, 0.15) is 5.92 Å². The van der Waals surface area contributed by atoms with Crippen molar-refractivity contribution in [1.82, 2.24) is 5.32 Å². The minimum absolute atomic E-state index is 0.112. The average molecular weight is 301 g/mol. The predicted molar refractivity (Wildman–Crippen MR) is 83.5 cm³/mol. The zero-order chi connectivity index (χ0) is 16.1. The minimum Gasteiger partial charge on any atom is -0.481 e. The van der Waals surface area contributed by atoms with Crippen LogP contribution in [0.3, 0.4) is 0 Å². The van der Waals surface area contributed by atoms with Gasteiger partial charge in [-0.3, -0.25) is 9.59 Å². The molecular formula is C17H19NO4. The second-order valence-corrected chi connectivity index (χ2v) is 5.33. The highest BCUT2D eigenvalue weighted by molar-refractivity contribution is 5.98. The van der Waals surface area contributed by atoms with E-state index < -0.39 is 23.8 Å². The van der Waals surface area contributed by atoms with Crippen LogP contribution in [0.4, 0.5) is 0 Å². The summed E-state index contributed by atoms with van der Waals surface area (Å²) >= 11 is 0. The lowest BCUT2D eigenvalue weighted by atomic mass is 9.94. The molecule has 2 rings (SSSR count). The molecule has 22 heavy (non-hydrogen) atoms. The van der Waals surface area contributed by atoms with E-state index in [1.54, 1.807) is 6.92 Å². The highest BCUT2D eigenvalue weighted by Gasteiger charge is 2.27. The summed E-state index contributed by atoms with van der Waals surface area (Å²) in [5.41, 5.74) is 0.817. The molecule has 0 aliphatic rings. The summed E-state index contributed by atoms with van der Waals surface area (Å²) in [5, 5.41) is 22.8. The third-order valence-corrected chi connectivity index (χ3v) is 3.58. The van der Waals surface area contributed by atoms with Crippen LogP contribution >= 0.6 is 0 Å². The number of benzene rings is 2. The van der Waals surface area contributed by atoms with Crippen LogP contribution in [-0.4, -0.2) is 34.7 Å². The molecule has 3 N–H and O–H groups in total. The molecule has 2 aromatic rings. The Morgan fingerprint density at radius 2 is 1.82 bits per heavy atom. The molecule has 0 fully saturated rings. The summed E-state index contributed by atoms with van der Waals surface area (Å²) in [7, 11) is 0. The summed E-state index contributed by atoms with van der Waals surface area (Å²) in [6.07, 6.45) is 0.112. The number of aliphatic hydroxyl groups excluding tert-OH is 1. The molecule has 0 spiro atoms. The van der Waals surface area contributed by atoms with Crippen molar-refractivity contribution in [3.05, 3.63) is 48.0 Å². The van der Waals surface area contributed by atoms with Crippen LogP contribution in [0, 0.1) is 5.92 Å². The maximum absolute atomic E-state index is 12.1. The Hall–Kier alpha value is -2.40. The number of carboxylic acids is 1. The zero-order valence-electron chi connectivity index (χ0n) is 12.3. The summed E-state index contributed by atoms with van der Waals surface area (Å²) in [6.45, 7) is 1.39. The monoisotopic (exact) mass is 301 g/mol. The number of amides is 1. The number of nitrogens with one attached hydrogen (secondary N) is 1. The third-order valence-electron chi connectivity index (χ3n) is 3.58. The fourth-order valence-electron chi connectivity index (χ4n) is 2.37. The van der Waals surface area contributed by atoms with Crippen LogP contribution in [0.15, 0.2) is 42.5 Å². The topological polar surface area (TPSA) is 86.6 Å². The zero-order valence-corrected chi connectivity index (χ0v) is 12.3. The molecule has 0 saturated heterocycles. The Balaban J connectivity index is 2.27. The molecule has 0 radical (unpaired) electrons. The smallest absolute Gasteiger partial charge is 0.316 e. The Labute approximate surface area is 128 Å². The molecule has 5 nitrogen and oxygen atoms in total. The molecule has 1 amide bonds. The first-order valence-electron chi connectivity index (χ1n) is 7.13. The van der Waals surface area contributed by atoms with Gasteiger partial charge >= 0.3 is 5.97 Å².